The molecule has 166 valence electrons. The smallest absolute Gasteiger partial charge is 1.00 e. The zero-order valence-corrected chi connectivity index (χ0v) is 28.6. The van der Waals surface area contributed by atoms with E-state index < -0.39 is 7.59 Å². The Morgan fingerprint density at radius 3 is 1.07 bits per heavy atom. The third-order valence-electron chi connectivity index (χ3n) is 4.88. The van der Waals surface area contributed by atoms with Crippen molar-refractivity contribution in [3.05, 3.63) is 46.6 Å². The second kappa shape index (κ2) is 15.6. The van der Waals surface area contributed by atoms with Crippen molar-refractivity contribution in [2.45, 2.75) is 94.4 Å². The molecule has 29 heavy (non-hydrogen) atoms. The van der Waals surface area contributed by atoms with Gasteiger partial charge in [-0.2, -0.15) is 11.1 Å². The normalized spacial score (nSPS) is 15.9. The quantitative estimate of drug-likeness (QED) is 0.300. The molecule has 0 saturated carbocycles. The molecule has 0 saturated heterocycles. The Hall–Kier alpha value is 0.844. The first-order chi connectivity index (χ1) is 11.6. The molecule has 5 heteroatoms. The molecule has 0 aromatic rings. The predicted octanol–water partition coefficient (Wildman–Crippen LogP) is 1.27. The third kappa shape index (κ3) is 18.1. The van der Waals surface area contributed by atoms with E-state index in [1.807, 2.05) is 0 Å². The van der Waals surface area contributed by atoms with Gasteiger partial charge in [0.1, 0.15) is 0 Å². The van der Waals surface area contributed by atoms with Gasteiger partial charge in [0, 0.05) is 16.6 Å². The van der Waals surface area contributed by atoms with Crippen LogP contribution in [-0.4, -0.2) is 16.6 Å². The minimum absolute atomic E-state index is 0. The average Bonchev–Trinajstić information content (AvgIpc) is 3.07. The molecule has 2 rings (SSSR count). The van der Waals surface area contributed by atoms with Crippen LogP contribution in [-0.2, 0) is 25.8 Å². The van der Waals surface area contributed by atoms with Gasteiger partial charge in [0.05, 0.1) is 0 Å². The van der Waals surface area contributed by atoms with E-state index in [1.165, 1.54) is 22.3 Å². The Bertz CT molecular complexity index is 535. The summed E-state index contributed by atoms with van der Waals surface area (Å²) in [6.07, 6.45) is 13.2. The van der Waals surface area contributed by atoms with Crippen molar-refractivity contribution in [1.82, 2.24) is 0 Å². The van der Waals surface area contributed by atoms with Gasteiger partial charge in [-0.05, 0) is 10.8 Å². The van der Waals surface area contributed by atoms with Gasteiger partial charge in [0.15, 0.2) is 0 Å². The van der Waals surface area contributed by atoms with Crippen molar-refractivity contribution in [3.63, 3.8) is 0 Å². The van der Waals surface area contributed by atoms with Crippen molar-refractivity contribution in [1.29, 1.82) is 0 Å². The van der Waals surface area contributed by atoms with E-state index in [0.717, 1.165) is 12.8 Å². The molecule has 0 radical (unpaired) electrons. The maximum atomic E-state index is 3.30. The predicted molar refractivity (Wildman–Crippen MR) is 127 cm³/mol. The Morgan fingerprint density at radius 2 is 1.00 bits per heavy atom. The molecular weight excluding hydrogens is 594 g/mol. The SMILES string of the molecule is CC1=[C-]CC(C(C)(C)C)=C1.CC1=[C-]CC(C(C)(C)C)=C1.C[SiH2][Si](C)(C)C.[Cl-].[Cl-].[Hf+4]. The molecule has 0 bridgehead atoms. The maximum absolute atomic E-state index is 3.30. The summed E-state index contributed by atoms with van der Waals surface area (Å²) in [5, 5.41) is 0. The summed E-state index contributed by atoms with van der Waals surface area (Å²) in [6.45, 7) is 27.5. The molecule has 0 spiro atoms. The zero-order valence-electron chi connectivity index (χ0n) is 21.0. The maximum Gasteiger partial charge on any atom is 4.00 e. The van der Waals surface area contributed by atoms with Crippen LogP contribution in [0, 0.1) is 23.0 Å². The fourth-order valence-corrected chi connectivity index (χ4v) is 2.16. The fourth-order valence-electron chi connectivity index (χ4n) is 2.16. The van der Waals surface area contributed by atoms with E-state index in [2.05, 4.69) is 106 Å². The van der Waals surface area contributed by atoms with Crippen molar-refractivity contribution in [2.24, 2.45) is 10.8 Å². The van der Waals surface area contributed by atoms with E-state index in [9.17, 15) is 0 Å². The van der Waals surface area contributed by atoms with Crippen LogP contribution in [0.2, 0.25) is 26.2 Å². The van der Waals surface area contributed by atoms with Crippen molar-refractivity contribution >= 4 is 16.6 Å². The molecule has 0 heterocycles. The zero-order chi connectivity index (χ0) is 20.8. The van der Waals surface area contributed by atoms with Gasteiger partial charge in [-0.25, -0.2) is 23.3 Å². The minimum Gasteiger partial charge on any atom is -1.00 e. The van der Waals surface area contributed by atoms with Gasteiger partial charge in [0.25, 0.3) is 0 Å². The van der Waals surface area contributed by atoms with E-state index in [4.69, 9.17) is 0 Å². The summed E-state index contributed by atoms with van der Waals surface area (Å²) in [6, 6.07) is 0. The molecule has 0 atom stereocenters. The number of allylic oxidation sites excluding steroid dienone is 8. The van der Waals surface area contributed by atoms with Crippen LogP contribution in [0.1, 0.15) is 68.2 Å². The molecular formula is C24H44Cl2HfSi2. The van der Waals surface area contributed by atoms with Gasteiger partial charge in [-0.15, -0.1) is 12.8 Å². The van der Waals surface area contributed by atoms with Crippen LogP contribution in [0.5, 0.6) is 0 Å². The van der Waals surface area contributed by atoms with E-state index >= 15 is 0 Å². The summed E-state index contributed by atoms with van der Waals surface area (Å²) in [5.41, 5.74) is 6.28. The van der Waals surface area contributed by atoms with Crippen LogP contribution in [0.15, 0.2) is 34.4 Å². The number of hydrogen-bond donors (Lipinski definition) is 0. The number of hydrogen-bond acceptors (Lipinski definition) is 0. The third-order valence-corrected chi connectivity index (χ3v) is 13.4. The van der Waals surface area contributed by atoms with Crippen molar-refractivity contribution in [2.75, 3.05) is 0 Å². The summed E-state index contributed by atoms with van der Waals surface area (Å²) in [4.78, 5) is 0. The van der Waals surface area contributed by atoms with Crippen molar-refractivity contribution < 1.29 is 50.7 Å². The molecule has 0 unspecified atom stereocenters. The molecule has 0 fully saturated rings. The molecule has 0 N–H and O–H groups in total. The molecule has 0 amide bonds. The van der Waals surface area contributed by atoms with E-state index in [-0.39, 0.29) is 50.7 Å². The molecule has 2 aliphatic carbocycles. The first kappa shape index (κ1) is 37.2. The van der Waals surface area contributed by atoms with Crippen LogP contribution in [0.4, 0.5) is 0 Å². The van der Waals surface area contributed by atoms with Crippen LogP contribution >= 0.6 is 0 Å². The summed E-state index contributed by atoms with van der Waals surface area (Å²) < 4.78 is 0. The Balaban J connectivity index is -0.000000159. The second-order valence-corrected chi connectivity index (χ2v) is 25.1. The van der Waals surface area contributed by atoms with Crippen molar-refractivity contribution in [3.8, 4) is 0 Å². The second-order valence-electron chi connectivity index (χ2n) is 10.8. The molecule has 0 aromatic carbocycles. The average molecular weight is 638 g/mol. The van der Waals surface area contributed by atoms with Gasteiger partial charge in [0.2, 0.25) is 0 Å². The van der Waals surface area contributed by atoms with E-state index in [1.54, 1.807) is 0 Å². The van der Waals surface area contributed by atoms with Crippen LogP contribution in [0.3, 0.4) is 0 Å². The first-order valence-electron chi connectivity index (χ1n) is 10.1. The number of rotatable bonds is 1. The summed E-state index contributed by atoms with van der Waals surface area (Å²) >= 11 is 0. The molecule has 0 aliphatic heterocycles. The first-order valence-corrected chi connectivity index (χ1v) is 17.4. The van der Waals surface area contributed by atoms with Crippen LogP contribution < -0.4 is 24.8 Å². The van der Waals surface area contributed by atoms with E-state index in [0.29, 0.717) is 19.9 Å². The molecule has 0 nitrogen and oxygen atoms in total. The molecule has 0 aromatic heterocycles. The number of halogens is 2. The van der Waals surface area contributed by atoms with Gasteiger partial charge in [-0.3, -0.25) is 12.2 Å². The Kier molecular flexibility index (Phi) is 20.0. The van der Waals surface area contributed by atoms with Gasteiger partial charge >= 0.3 is 25.8 Å². The standard InChI is InChI=1S/2C10H15.C4H14Si2.2ClH.Hf/c2*1-8-5-6-9(7-8)10(2,3)4;1-5-6(2,3)4;;;/h2*7H,6H2,1-4H3;5H2,1-4H3;2*1H;/q2*-1;;;;+4/p-2. The van der Waals surface area contributed by atoms with Gasteiger partial charge < -0.3 is 24.8 Å². The van der Waals surface area contributed by atoms with Crippen LogP contribution in [0.25, 0.3) is 0 Å². The Labute approximate surface area is 217 Å². The largest absolute Gasteiger partial charge is 4.00 e. The minimum atomic E-state index is -0.492. The Morgan fingerprint density at radius 1 is 0.759 bits per heavy atom. The fraction of sp³-hybridized carbons (Fsp3) is 0.667. The topological polar surface area (TPSA) is 0 Å². The summed E-state index contributed by atoms with van der Waals surface area (Å²) in [5.74, 6) is 0. The monoisotopic (exact) mass is 638 g/mol. The van der Waals surface area contributed by atoms with Gasteiger partial charge in [-0.1, -0.05) is 81.6 Å². The summed E-state index contributed by atoms with van der Waals surface area (Å²) in [7, 11) is -0.101. The molecule has 2 aliphatic rings.